The Morgan fingerprint density at radius 1 is 1.06 bits per heavy atom. The van der Waals surface area contributed by atoms with E-state index in [1.165, 1.54) is 17.3 Å². The molecule has 94 valence electrons. The fourth-order valence-electron chi connectivity index (χ4n) is 1.89. The van der Waals surface area contributed by atoms with Crippen LogP contribution >= 0.6 is 0 Å². The normalized spacial score (nSPS) is 10.4. The summed E-state index contributed by atoms with van der Waals surface area (Å²) < 4.78 is 2.33. The van der Waals surface area contributed by atoms with Crippen molar-refractivity contribution in [2.75, 3.05) is 20.6 Å². The topological polar surface area (TPSA) is 8.17 Å². The number of hydrogen-bond donors (Lipinski definition) is 0. The Hall–Kier alpha value is -1.28. The van der Waals surface area contributed by atoms with Crippen LogP contribution in [0.2, 0.25) is 0 Å². The SMILES string of the molecule is CC.CN(C)CCCn1ccc2ccccc21. The van der Waals surface area contributed by atoms with Gasteiger partial charge in [-0.15, -0.1) is 0 Å². The Balaban J connectivity index is 0.000000686. The van der Waals surface area contributed by atoms with Crippen LogP contribution in [-0.2, 0) is 6.54 Å². The second-order valence-electron chi connectivity index (χ2n) is 4.22. The predicted molar refractivity (Wildman–Crippen MR) is 76.5 cm³/mol. The highest BCUT2D eigenvalue weighted by Gasteiger charge is 1.99. The quantitative estimate of drug-likeness (QED) is 0.781. The lowest BCUT2D eigenvalue weighted by atomic mass is 10.2. The zero-order chi connectivity index (χ0) is 12.7. The van der Waals surface area contributed by atoms with E-state index in [1.807, 2.05) is 13.8 Å². The highest BCUT2D eigenvalue weighted by molar-refractivity contribution is 5.79. The van der Waals surface area contributed by atoms with Gasteiger partial charge in [-0.25, -0.2) is 0 Å². The van der Waals surface area contributed by atoms with Crippen molar-refractivity contribution in [3.63, 3.8) is 0 Å². The smallest absolute Gasteiger partial charge is 0.0480 e. The van der Waals surface area contributed by atoms with Gasteiger partial charge in [0.05, 0.1) is 0 Å². The maximum Gasteiger partial charge on any atom is 0.0480 e. The number of nitrogens with zero attached hydrogens (tertiary/aromatic N) is 2. The summed E-state index contributed by atoms with van der Waals surface area (Å²) in [6.45, 7) is 6.25. The second-order valence-corrected chi connectivity index (χ2v) is 4.22. The molecule has 0 fully saturated rings. The third-order valence-electron chi connectivity index (χ3n) is 2.68. The first-order chi connectivity index (χ1) is 8.27. The van der Waals surface area contributed by atoms with Gasteiger partial charge in [-0.2, -0.15) is 0 Å². The molecule has 17 heavy (non-hydrogen) atoms. The van der Waals surface area contributed by atoms with E-state index in [2.05, 4.69) is 60.1 Å². The lowest BCUT2D eigenvalue weighted by molar-refractivity contribution is 0.388. The van der Waals surface area contributed by atoms with Crippen molar-refractivity contribution in [2.24, 2.45) is 0 Å². The predicted octanol–water partition coefficient (Wildman–Crippen LogP) is 3.62. The molecule has 0 N–H and O–H groups in total. The molecule has 2 heteroatoms. The fraction of sp³-hybridized carbons (Fsp3) is 0.467. The van der Waals surface area contributed by atoms with Crippen LogP contribution in [0, 0.1) is 0 Å². The molecule has 0 saturated heterocycles. The van der Waals surface area contributed by atoms with Gasteiger partial charge in [0.25, 0.3) is 0 Å². The third kappa shape index (κ3) is 3.90. The molecule has 0 aliphatic heterocycles. The molecule has 2 rings (SSSR count). The maximum atomic E-state index is 2.33. The molecule has 2 aromatic rings. The molecule has 2 nitrogen and oxygen atoms in total. The minimum atomic E-state index is 1.10. The van der Waals surface area contributed by atoms with Crippen LogP contribution in [0.5, 0.6) is 0 Å². The summed E-state index contributed by atoms with van der Waals surface area (Å²) in [5.74, 6) is 0. The molecule has 0 amide bonds. The molecule has 0 aliphatic rings. The third-order valence-corrected chi connectivity index (χ3v) is 2.68. The van der Waals surface area contributed by atoms with Crippen LogP contribution in [0.25, 0.3) is 10.9 Å². The minimum absolute atomic E-state index is 1.10. The summed E-state index contributed by atoms with van der Waals surface area (Å²) in [5, 5.41) is 1.34. The monoisotopic (exact) mass is 232 g/mol. The Bertz CT molecular complexity index is 429. The largest absolute Gasteiger partial charge is 0.347 e. The number of rotatable bonds is 4. The molecule has 1 heterocycles. The van der Waals surface area contributed by atoms with Crippen molar-refractivity contribution in [2.45, 2.75) is 26.8 Å². The summed E-state index contributed by atoms with van der Waals surface area (Å²) >= 11 is 0. The Morgan fingerprint density at radius 3 is 2.47 bits per heavy atom. The molecule has 0 spiro atoms. The highest BCUT2D eigenvalue weighted by atomic mass is 15.1. The molecule has 0 saturated carbocycles. The Kier molecular flexibility index (Phi) is 5.78. The summed E-state index contributed by atoms with van der Waals surface area (Å²) in [6, 6.07) is 10.7. The molecule has 0 bridgehead atoms. The first kappa shape index (κ1) is 13.8. The van der Waals surface area contributed by atoms with Gasteiger partial charge < -0.3 is 9.47 Å². The van der Waals surface area contributed by atoms with E-state index >= 15 is 0 Å². The summed E-state index contributed by atoms with van der Waals surface area (Å²) in [6.07, 6.45) is 3.38. The summed E-state index contributed by atoms with van der Waals surface area (Å²) in [4.78, 5) is 2.23. The second kappa shape index (κ2) is 7.13. The molecule has 1 aromatic carbocycles. The number of hydrogen-bond acceptors (Lipinski definition) is 1. The van der Waals surface area contributed by atoms with Crippen LogP contribution in [0.3, 0.4) is 0 Å². The van der Waals surface area contributed by atoms with Crippen molar-refractivity contribution in [3.8, 4) is 0 Å². The lowest BCUT2D eigenvalue weighted by Gasteiger charge is -2.10. The van der Waals surface area contributed by atoms with E-state index in [4.69, 9.17) is 0 Å². The molecule has 0 unspecified atom stereocenters. The standard InChI is InChI=1S/C13H18N2.C2H6/c1-14(2)9-5-10-15-11-8-12-6-3-4-7-13(12)15;1-2/h3-4,6-8,11H,5,9-10H2,1-2H3;1-2H3. The minimum Gasteiger partial charge on any atom is -0.347 e. The van der Waals surface area contributed by atoms with Crippen LogP contribution in [0.4, 0.5) is 0 Å². The van der Waals surface area contributed by atoms with Crippen LogP contribution < -0.4 is 0 Å². The molecular weight excluding hydrogens is 208 g/mol. The van der Waals surface area contributed by atoms with Crippen molar-refractivity contribution < 1.29 is 0 Å². The van der Waals surface area contributed by atoms with Crippen molar-refractivity contribution >= 4 is 10.9 Å². The zero-order valence-corrected chi connectivity index (χ0v) is 11.5. The van der Waals surface area contributed by atoms with E-state index in [0.717, 1.165) is 13.1 Å². The van der Waals surface area contributed by atoms with Gasteiger partial charge in [0.1, 0.15) is 0 Å². The average molecular weight is 232 g/mol. The van der Waals surface area contributed by atoms with Crippen molar-refractivity contribution in [1.29, 1.82) is 0 Å². The number of aromatic nitrogens is 1. The van der Waals surface area contributed by atoms with Gasteiger partial charge >= 0.3 is 0 Å². The van der Waals surface area contributed by atoms with Crippen molar-refractivity contribution in [1.82, 2.24) is 9.47 Å². The number of para-hydroxylation sites is 1. The number of aryl methyl sites for hydroxylation is 1. The average Bonchev–Trinajstić information content (AvgIpc) is 2.75. The van der Waals surface area contributed by atoms with E-state index in [-0.39, 0.29) is 0 Å². The number of benzene rings is 1. The maximum absolute atomic E-state index is 2.33. The van der Waals surface area contributed by atoms with E-state index in [9.17, 15) is 0 Å². The highest BCUT2D eigenvalue weighted by Crippen LogP contribution is 2.15. The van der Waals surface area contributed by atoms with Gasteiger partial charge in [0, 0.05) is 18.3 Å². The molecule has 1 aromatic heterocycles. The van der Waals surface area contributed by atoms with Gasteiger partial charge in [-0.05, 0) is 44.6 Å². The molecular formula is C15H24N2. The first-order valence-electron chi connectivity index (χ1n) is 6.46. The Labute approximate surface area is 105 Å². The van der Waals surface area contributed by atoms with E-state index < -0.39 is 0 Å². The van der Waals surface area contributed by atoms with Crippen LogP contribution in [0.1, 0.15) is 20.3 Å². The summed E-state index contributed by atoms with van der Waals surface area (Å²) in [5.41, 5.74) is 1.34. The van der Waals surface area contributed by atoms with E-state index in [1.54, 1.807) is 0 Å². The molecule has 0 atom stereocenters. The lowest BCUT2D eigenvalue weighted by Crippen LogP contribution is -2.14. The zero-order valence-electron chi connectivity index (χ0n) is 11.5. The van der Waals surface area contributed by atoms with E-state index in [0.29, 0.717) is 0 Å². The van der Waals surface area contributed by atoms with Gasteiger partial charge in [0.15, 0.2) is 0 Å². The Morgan fingerprint density at radius 2 is 1.76 bits per heavy atom. The summed E-state index contributed by atoms with van der Waals surface area (Å²) in [7, 11) is 4.24. The van der Waals surface area contributed by atoms with Crippen molar-refractivity contribution in [3.05, 3.63) is 36.5 Å². The fourth-order valence-corrected chi connectivity index (χ4v) is 1.89. The van der Waals surface area contributed by atoms with Crippen LogP contribution in [0.15, 0.2) is 36.5 Å². The molecule has 0 radical (unpaired) electrons. The number of fused-ring (bicyclic) bond motifs is 1. The van der Waals surface area contributed by atoms with Gasteiger partial charge in [-0.3, -0.25) is 0 Å². The van der Waals surface area contributed by atoms with Crippen LogP contribution in [-0.4, -0.2) is 30.1 Å². The first-order valence-corrected chi connectivity index (χ1v) is 6.46. The van der Waals surface area contributed by atoms with Gasteiger partial charge in [-0.1, -0.05) is 32.0 Å². The van der Waals surface area contributed by atoms with Gasteiger partial charge in [0.2, 0.25) is 0 Å². The molecule has 0 aliphatic carbocycles.